The van der Waals surface area contributed by atoms with Gasteiger partial charge in [-0.05, 0) is 6.92 Å². The third-order valence-electron chi connectivity index (χ3n) is 1.03. The average Bonchev–Trinajstić information content (AvgIpc) is 2.02. The number of hydrogen-bond donors (Lipinski definition) is 0. The first-order valence-corrected chi connectivity index (χ1v) is 3.74. The number of rotatable bonds is 4. The third kappa shape index (κ3) is 4.27. The highest BCUT2D eigenvalue weighted by molar-refractivity contribution is 6.13. The fourth-order valence-corrected chi connectivity index (χ4v) is 0.522. The van der Waals surface area contributed by atoms with E-state index in [0.29, 0.717) is 0 Å². The van der Waals surface area contributed by atoms with Crippen molar-refractivity contribution in [3.8, 4) is 0 Å². The van der Waals surface area contributed by atoms with Gasteiger partial charge in [-0.25, -0.2) is 9.59 Å². The van der Waals surface area contributed by atoms with Crippen LogP contribution >= 0.6 is 0 Å². The fraction of sp³-hybridized carbons (Fsp3) is 0.500. The Kier molecular flexibility index (Phi) is 4.76. The highest BCUT2D eigenvalue weighted by atomic mass is 16.7. The average molecular weight is 187 g/mol. The van der Waals surface area contributed by atoms with Gasteiger partial charge in [-0.15, -0.1) is 5.06 Å². The molecule has 0 unspecified atom stereocenters. The second-order valence-electron chi connectivity index (χ2n) is 2.39. The summed E-state index contributed by atoms with van der Waals surface area (Å²) in [5.41, 5.74) is -0.310. The molecule has 0 amide bonds. The number of hydroxylamine groups is 2. The Balaban J connectivity index is 4.10. The molecule has 0 spiro atoms. The Morgan fingerprint density at radius 2 is 1.85 bits per heavy atom. The Morgan fingerprint density at radius 3 is 2.23 bits per heavy atom. The van der Waals surface area contributed by atoms with Crippen molar-refractivity contribution < 1.29 is 19.2 Å². The molecule has 0 bridgehead atoms. The molecule has 0 saturated carbocycles. The molecule has 74 valence electrons. The van der Waals surface area contributed by atoms with Crippen LogP contribution in [0, 0.1) is 0 Å². The van der Waals surface area contributed by atoms with E-state index in [-0.39, 0.29) is 12.2 Å². The summed E-state index contributed by atoms with van der Waals surface area (Å²) in [7, 11) is 3.05. The SMILES string of the molecule is C=C(C(=O)OCC)C(=O)ON(C)C. The van der Waals surface area contributed by atoms with Gasteiger partial charge in [-0.3, -0.25) is 0 Å². The zero-order valence-corrected chi connectivity index (χ0v) is 7.99. The first-order valence-electron chi connectivity index (χ1n) is 3.74. The van der Waals surface area contributed by atoms with E-state index in [4.69, 9.17) is 0 Å². The number of hydrogen-bond acceptors (Lipinski definition) is 5. The molecule has 0 heterocycles. The number of nitrogens with zero attached hydrogens (tertiary/aromatic N) is 1. The van der Waals surface area contributed by atoms with E-state index in [0.717, 1.165) is 0 Å². The van der Waals surface area contributed by atoms with Crippen LogP contribution < -0.4 is 0 Å². The minimum atomic E-state index is -0.802. The Morgan fingerprint density at radius 1 is 1.31 bits per heavy atom. The predicted molar refractivity (Wildman–Crippen MR) is 45.6 cm³/mol. The molecule has 0 saturated heterocycles. The van der Waals surface area contributed by atoms with Gasteiger partial charge in [0.2, 0.25) is 0 Å². The molecule has 0 fully saturated rings. The summed E-state index contributed by atoms with van der Waals surface area (Å²) in [4.78, 5) is 26.5. The van der Waals surface area contributed by atoms with Crippen LogP contribution in [0.2, 0.25) is 0 Å². The molecule has 0 rings (SSSR count). The molecule has 0 aromatic heterocycles. The summed E-state index contributed by atoms with van der Waals surface area (Å²) >= 11 is 0. The smallest absolute Gasteiger partial charge is 0.363 e. The highest BCUT2D eigenvalue weighted by Gasteiger charge is 2.19. The lowest BCUT2D eigenvalue weighted by molar-refractivity contribution is -0.174. The van der Waals surface area contributed by atoms with Crippen LogP contribution in [0.25, 0.3) is 0 Å². The summed E-state index contributed by atoms with van der Waals surface area (Å²) in [6.07, 6.45) is 0. The molecule has 0 aliphatic rings. The number of carbonyl (C=O) groups excluding carboxylic acids is 2. The van der Waals surface area contributed by atoms with E-state index < -0.39 is 11.9 Å². The van der Waals surface area contributed by atoms with Gasteiger partial charge in [0.15, 0.2) is 0 Å². The van der Waals surface area contributed by atoms with Gasteiger partial charge in [0.1, 0.15) is 5.57 Å². The van der Waals surface area contributed by atoms with Gasteiger partial charge >= 0.3 is 11.9 Å². The van der Waals surface area contributed by atoms with Gasteiger partial charge in [-0.1, -0.05) is 6.58 Å². The lowest BCUT2D eigenvalue weighted by atomic mass is 10.3. The van der Waals surface area contributed by atoms with E-state index in [1.165, 1.54) is 19.2 Å². The van der Waals surface area contributed by atoms with Crippen molar-refractivity contribution in [2.75, 3.05) is 20.7 Å². The minimum Gasteiger partial charge on any atom is -0.462 e. The lowest BCUT2D eigenvalue weighted by Gasteiger charge is -2.10. The first-order chi connectivity index (χ1) is 5.99. The van der Waals surface area contributed by atoms with Gasteiger partial charge in [0, 0.05) is 14.1 Å². The van der Waals surface area contributed by atoms with Gasteiger partial charge in [0.05, 0.1) is 6.61 Å². The third-order valence-corrected chi connectivity index (χ3v) is 1.03. The normalized spacial score (nSPS) is 9.54. The maximum atomic E-state index is 11.0. The van der Waals surface area contributed by atoms with E-state index in [1.807, 2.05) is 0 Å². The monoisotopic (exact) mass is 187 g/mol. The maximum Gasteiger partial charge on any atom is 0.363 e. The van der Waals surface area contributed by atoms with Crippen LogP contribution in [-0.2, 0) is 19.2 Å². The van der Waals surface area contributed by atoms with E-state index in [9.17, 15) is 9.59 Å². The van der Waals surface area contributed by atoms with E-state index in [1.54, 1.807) is 6.92 Å². The molecule has 0 atom stereocenters. The van der Waals surface area contributed by atoms with E-state index in [2.05, 4.69) is 16.2 Å². The molecular formula is C8H13NO4. The molecule has 0 aliphatic carbocycles. The van der Waals surface area contributed by atoms with Gasteiger partial charge in [-0.2, -0.15) is 0 Å². The number of esters is 1. The summed E-state index contributed by atoms with van der Waals surface area (Å²) < 4.78 is 4.55. The molecule has 5 nitrogen and oxygen atoms in total. The van der Waals surface area contributed by atoms with Crippen molar-refractivity contribution in [2.45, 2.75) is 6.92 Å². The minimum absolute atomic E-state index is 0.201. The van der Waals surface area contributed by atoms with Crippen LogP contribution in [0.4, 0.5) is 0 Å². The van der Waals surface area contributed by atoms with Gasteiger partial charge in [0.25, 0.3) is 0 Å². The predicted octanol–water partition coefficient (Wildman–Crippen LogP) is 0.125. The molecule has 0 aromatic rings. The van der Waals surface area contributed by atoms with Crippen LogP contribution in [0.15, 0.2) is 12.2 Å². The fourth-order valence-electron chi connectivity index (χ4n) is 0.522. The highest BCUT2D eigenvalue weighted by Crippen LogP contribution is 1.98. The number of carbonyl (C=O) groups is 2. The molecule has 0 N–H and O–H groups in total. The van der Waals surface area contributed by atoms with Crippen molar-refractivity contribution in [2.24, 2.45) is 0 Å². The van der Waals surface area contributed by atoms with Crippen LogP contribution in [0.1, 0.15) is 6.92 Å². The quantitative estimate of drug-likeness (QED) is 0.206. The molecule has 0 aliphatic heterocycles. The summed E-state index contributed by atoms with van der Waals surface area (Å²) in [6.45, 7) is 5.09. The summed E-state index contributed by atoms with van der Waals surface area (Å²) in [6, 6.07) is 0. The van der Waals surface area contributed by atoms with Crippen LogP contribution in [-0.4, -0.2) is 37.7 Å². The number of ether oxygens (including phenoxy) is 1. The lowest BCUT2D eigenvalue weighted by Crippen LogP contribution is -2.23. The van der Waals surface area contributed by atoms with Crippen molar-refractivity contribution in [1.29, 1.82) is 0 Å². The van der Waals surface area contributed by atoms with Crippen LogP contribution in [0.3, 0.4) is 0 Å². The Labute approximate surface area is 76.9 Å². The van der Waals surface area contributed by atoms with E-state index >= 15 is 0 Å². The molecule has 0 aromatic carbocycles. The van der Waals surface area contributed by atoms with Crippen molar-refractivity contribution in [3.63, 3.8) is 0 Å². The first kappa shape index (κ1) is 11.6. The molecule has 5 heteroatoms. The van der Waals surface area contributed by atoms with Crippen LogP contribution in [0.5, 0.6) is 0 Å². The second kappa shape index (κ2) is 5.31. The van der Waals surface area contributed by atoms with Crippen molar-refractivity contribution in [1.82, 2.24) is 5.06 Å². The largest absolute Gasteiger partial charge is 0.462 e. The maximum absolute atomic E-state index is 11.0. The molecular weight excluding hydrogens is 174 g/mol. The summed E-state index contributed by atoms with van der Waals surface area (Å²) in [5.74, 6) is -1.56. The van der Waals surface area contributed by atoms with Gasteiger partial charge < -0.3 is 9.57 Å². The molecule has 0 radical (unpaired) electrons. The Hall–Kier alpha value is -1.36. The summed E-state index contributed by atoms with van der Waals surface area (Å²) in [5, 5.41) is 1.17. The standard InChI is InChI=1S/C8H13NO4/c1-5-12-7(10)6(2)8(11)13-9(3)4/h2,5H2,1,3-4H3. The molecule has 13 heavy (non-hydrogen) atoms. The topological polar surface area (TPSA) is 55.8 Å². The second-order valence-corrected chi connectivity index (χ2v) is 2.39. The zero-order chi connectivity index (χ0) is 10.4. The zero-order valence-electron chi connectivity index (χ0n) is 7.99. The van der Waals surface area contributed by atoms with Crippen molar-refractivity contribution in [3.05, 3.63) is 12.2 Å². The van der Waals surface area contributed by atoms with Crippen molar-refractivity contribution >= 4 is 11.9 Å². The Bertz CT molecular complexity index is 222.